The van der Waals surface area contributed by atoms with Crippen LogP contribution in [0.1, 0.15) is 70.6 Å². The van der Waals surface area contributed by atoms with Crippen LogP contribution in [0.25, 0.3) is 0 Å². The number of rotatable bonds is 3. The molecule has 0 aliphatic heterocycles. The van der Waals surface area contributed by atoms with E-state index in [9.17, 15) is 0 Å². The Bertz CT molecular complexity index is 230. The lowest BCUT2D eigenvalue weighted by Gasteiger charge is -2.42. The van der Waals surface area contributed by atoms with Crippen LogP contribution < -0.4 is 0 Å². The van der Waals surface area contributed by atoms with Gasteiger partial charge in [0.1, 0.15) is 7.28 Å². The summed E-state index contributed by atoms with van der Waals surface area (Å²) in [6.07, 6.45) is 18.3. The summed E-state index contributed by atoms with van der Waals surface area (Å²) >= 11 is 0. The average molecular weight is 231 g/mol. The maximum absolute atomic E-state index is 2.73. The number of hydrogen-bond donors (Lipinski definition) is 0. The highest BCUT2D eigenvalue weighted by Crippen LogP contribution is 2.45. The maximum Gasteiger partial charge on any atom is 0.113 e. The van der Waals surface area contributed by atoms with Crippen molar-refractivity contribution in [3.05, 3.63) is 0 Å². The van der Waals surface area contributed by atoms with Crippen molar-refractivity contribution >= 4 is 7.28 Å². The minimum atomic E-state index is 0.999. The van der Waals surface area contributed by atoms with E-state index in [-0.39, 0.29) is 0 Å². The molecule has 0 amide bonds. The van der Waals surface area contributed by atoms with Gasteiger partial charge in [-0.3, -0.25) is 0 Å². The molecular formula is C16H28B. The quantitative estimate of drug-likeness (QED) is 0.594. The van der Waals surface area contributed by atoms with Crippen molar-refractivity contribution in [3.63, 3.8) is 0 Å². The fourth-order valence-electron chi connectivity index (χ4n) is 4.92. The Morgan fingerprint density at radius 2 is 1.41 bits per heavy atom. The van der Waals surface area contributed by atoms with Gasteiger partial charge in [0, 0.05) is 0 Å². The molecule has 0 aromatic rings. The van der Waals surface area contributed by atoms with Gasteiger partial charge in [0.15, 0.2) is 0 Å². The van der Waals surface area contributed by atoms with Crippen LogP contribution in [0.4, 0.5) is 0 Å². The summed E-state index contributed by atoms with van der Waals surface area (Å²) in [5.74, 6) is 4.32. The zero-order chi connectivity index (χ0) is 11.5. The molecule has 0 aromatic carbocycles. The van der Waals surface area contributed by atoms with Crippen LogP contribution in [0.3, 0.4) is 0 Å². The van der Waals surface area contributed by atoms with Crippen LogP contribution in [0.15, 0.2) is 0 Å². The first-order valence-electron chi connectivity index (χ1n) is 8.27. The highest BCUT2D eigenvalue weighted by Gasteiger charge is 2.34. The average Bonchev–Trinajstić information content (AvgIpc) is 2.89. The first kappa shape index (κ1) is 12.1. The summed E-state index contributed by atoms with van der Waals surface area (Å²) in [6, 6.07) is 0. The molecule has 1 radical (unpaired) electrons. The molecule has 0 bridgehead atoms. The molecule has 3 saturated carbocycles. The lowest BCUT2D eigenvalue weighted by atomic mass is 9.53. The SMILES string of the molecule is [B](CC1CCCC2CCCCC12)C1CCCC1. The maximum atomic E-state index is 2.73. The van der Waals surface area contributed by atoms with Crippen molar-refractivity contribution in [1.29, 1.82) is 0 Å². The Balaban J connectivity index is 1.50. The minimum Gasteiger partial charge on any atom is -0.0769 e. The summed E-state index contributed by atoms with van der Waals surface area (Å²) in [7, 11) is 2.73. The molecule has 3 atom stereocenters. The van der Waals surface area contributed by atoms with Gasteiger partial charge in [0.25, 0.3) is 0 Å². The van der Waals surface area contributed by atoms with E-state index in [1.54, 1.807) is 25.7 Å². The highest BCUT2D eigenvalue weighted by molar-refractivity contribution is 6.37. The van der Waals surface area contributed by atoms with E-state index in [1.807, 2.05) is 0 Å². The lowest BCUT2D eigenvalue weighted by molar-refractivity contribution is 0.114. The molecule has 3 unspecified atom stereocenters. The van der Waals surface area contributed by atoms with Crippen LogP contribution >= 0.6 is 0 Å². The van der Waals surface area contributed by atoms with Gasteiger partial charge in [-0.25, -0.2) is 0 Å². The van der Waals surface area contributed by atoms with Gasteiger partial charge in [-0.2, -0.15) is 0 Å². The molecule has 0 aromatic heterocycles. The Kier molecular flexibility index (Phi) is 4.14. The first-order valence-corrected chi connectivity index (χ1v) is 8.27. The van der Waals surface area contributed by atoms with Gasteiger partial charge in [0.2, 0.25) is 0 Å². The molecule has 0 N–H and O–H groups in total. The molecule has 1 heteroatoms. The van der Waals surface area contributed by atoms with Crippen molar-refractivity contribution in [2.45, 2.75) is 82.8 Å². The third kappa shape index (κ3) is 2.91. The molecule has 3 aliphatic rings. The Morgan fingerprint density at radius 3 is 2.29 bits per heavy atom. The molecular weight excluding hydrogens is 203 g/mol. The van der Waals surface area contributed by atoms with E-state index in [0.29, 0.717) is 0 Å². The fraction of sp³-hybridized carbons (Fsp3) is 1.00. The molecule has 95 valence electrons. The zero-order valence-corrected chi connectivity index (χ0v) is 11.4. The molecule has 3 aliphatic carbocycles. The molecule has 0 spiro atoms. The van der Waals surface area contributed by atoms with Gasteiger partial charge >= 0.3 is 0 Å². The van der Waals surface area contributed by atoms with Crippen molar-refractivity contribution in [1.82, 2.24) is 0 Å². The van der Waals surface area contributed by atoms with Crippen LogP contribution in [0.5, 0.6) is 0 Å². The third-order valence-electron chi connectivity index (χ3n) is 5.90. The summed E-state index contributed by atoms with van der Waals surface area (Å²) in [5.41, 5.74) is 0. The Morgan fingerprint density at radius 1 is 0.706 bits per heavy atom. The van der Waals surface area contributed by atoms with E-state index in [4.69, 9.17) is 0 Å². The minimum absolute atomic E-state index is 0.999. The van der Waals surface area contributed by atoms with Crippen LogP contribution in [0.2, 0.25) is 12.1 Å². The number of hydrogen-bond acceptors (Lipinski definition) is 0. The molecule has 0 nitrogen and oxygen atoms in total. The van der Waals surface area contributed by atoms with Gasteiger partial charge in [-0.05, 0) is 24.2 Å². The largest absolute Gasteiger partial charge is 0.113 e. The second-order valence-corrected chi connectivity index (χ2v) is 6.92. The topological polar surface area (TPSA) is 0 Å². The third-order valence-corrected chi connectivity index (χ3v) is 5.90. The molecule has 3 fully saturated rings. The molecule has 0 saturated heterocycles. The summed E-state index contributed by atoms with van der Waals surface area (Å²) < 4.78 is 0. The summed E-state index contributed by atoms with van der Waals surface area (Å²) in [5, 5.41) is 0. The van der Waals surface area contributed by atoms with E-state index in [2.05, 4.69) is 7.28 Å². The second kappa shape index (κ2) is 5.80. The standard InChI is InChI=1S/C16H28B/c1-4-11-16-13(6-1)7-5-8-14(16)12-17-15-9-2-3-10-15/h13-16H,1-12H2. The Labute approximate surface area is 108 Å². The van der Waals surface area contributed by atoms with Gasteiger partial charge in [0.05, 0.1) is 0 Å². The molecule has 17 heavy (non-hydrogen) atoms. The first-order chi connectivity index (χ1) is 8.43. The fourth-order valence-corrected chi connectivity index (χ4v) is 4.92. The summed E-state index contributed by atoms with van der Waals surface area (Å²) in [6.45, 7) is 0. The second-order valence-electron chi connectivity index (χ2n) is 6.92. The van der Waals surface area contributed by atoms with Crippen LogP contribution in [-0.2, 0) is 0 Å². The van der Waals surface area contributed by atoms with E-state index < -0.39 is 0 Å². The predicted molar refractivity (Wildman–Crippen MR) is 75.6 cm³/mol. The van der Waals surface area contributed by atoms with Crippen molar-refractivity contribution in [2.75, 3.05) is 0 Å². The highest BCUT2D eigenvalue weighted by atomic mass is 14.4. The molecule has 0 heterocycles. The number of fused-ring (bicyclic) bond motifs is 1. The van der Waals surface area contributed by atoms with Gasteiger partial charge in [-0.15, -0.1) is 0 Å². The van der Waals surface area contributed by atoms with Crippen molar-refractivity contribution < 1.29 is 0 Å². The monoisotopic (exact) mass is 231 g/mol. The van der Waals surface area contributed by atoms with E-state index in [0.717, 1.165) is 23.6 Å². The van der Waals surface area contributed by atoms with E-state index >= 15 is 0 Å². The smallest absolute Gasteiger partial charge is 0.0769 e. The summed E-state index contributed by atoms with van der Waals surface area (Å²) in [4.78, 5) is 0. The zero-order valence-electron chi connectivity index (χ0n) is 11.4. The van der Waals surface area contributed by atoms with Crippen LogP contribution in [0, 0.1) is 17.8 Å². The lowest BCUT2D eigenvalue weighted by Crippen LogP contribution is -2.31. The van der Waals surface area contributed by atoms with Crippen LogP contribution in [-0.4, -0.2) is 7.28 Å². The van der Waals surface area contributed by atoms with E-state index in [1.165, 1.54) is 51.3 Å². The predicted octanol–water partition coefficient (Wildman–Crippen LogP) is 5.08. The van der Waals surface area contributed by atoms with Gasteiger partial charge < -0.3 is 0 Å². The Hall–Kier alpha value is 0.0649. The normalized spacial score (nSPS) is 38.9. The van der Waals surface area contributed by atoms with Crippen molar-refractivity contribution in [2.24, 2.45) is 17.8 Å². The van der Waals surface area contributed by atoms with Gasteiger partial charge in [-0.1, -0.05) is 76.3 Å². The van der Waals surface area contributed by atoms with Crippen molar-refractivity contribution in [3.8, 4) is 0 Å². The molecule has 3 rings (SSSR count).